The van der Waals surface area contributed by atoms with Gasteiger partial charge in [-0.25, -0.2) is 4.98 Å². The molecule has 1 aromatic carbocycles. The predicted molar refractivity (Wildman–Crippen MR) is 60.5 cm³/mol. The fourth-order valence-electron chi connectivity index (χ4n) is 1.24. The van der Waals surface area contributed by atoms with Crippen molar-refractivity contribution in [2.45, 2.75) is 6.92 Å². The maximum atomic E-state index is 11.0. The van der Waals surface area contributed by atoms with Crippen LogP contribution < -0.4 is 16.0 Å². The third-order valence-electron chi connectivity index (χ3n) is 2.12. The molecule has 5 nitrogen and oxygen atoms in total. The van der Waals surface area contributed by atoms with E-state index >= 15 is 0 Å². The number of aromatic amines is 1. The largest absolute Gasteiger partial charge is 0.439 e. The second-order valence-corrected chi connectivity index (χ2v) is 3.37. The highest BCUT2D eigenvalue weighted by Gasteiger charge is 2.01. The maximum Gasteiger partial charge on any atom is 0.254 e. The highest BCUT2D eigenvalue weighted by molar-refractivity contribution is 5.50. The number of aromatic nitrogens is 2. The molecule has 0 amide bonds. The van der Waals surface area contributed by atoms with Crippen LogP contribution in [-0.2, 0) is 0 Å². The van der Waals surface area contributed by atoms with E-state index in [0.717, 1.165) is 5.56 Å². The molecule has 0 spiro atoms. The van der Waals surface area contributed by atoms with Gasteiger partial charge in [-0.3, -0.25) is 4.79 Å². The van der Waals surface area contributed by atoms with Crippen LogP contribution in [0.3, 0.4) is 0 Å². The molecule has 0 fully saturated rings. The molecule has 2 rings (SSSR count). The zero-order valence-electron chi connectivity index (χ0n) is 8.73. The van der Waals surface area contributed by atoms with Crippen LogP contribution in [0.15, 0.2) is 35.4 Å². The number of anilines is 1. The summed E-state index contributed by atoms with van der Waals surface area (Å²) in [5.41, 5.74) is 7.05. The van der Waals surface area contributed by atoms with Gasteiger partial charge in [0.15, 0.2) is 0 Å². The van der Waals surface area contributed by atoms with Crippen LogP contribution in [0.25, 0.3) is 0 Å². The van der Waals surface area contributed by atoms with Crippen LogP contribution >= 0.6 is 0 Å². The Morgan fingerprint density at radius 3 is 2.88 bits per heavy atom. The Hall–Kier alpha value is -2.30. The SMILES string of the molecule is Cc1cc(Oc2cc(=O)[nH]cn2)ccc1N. The first kappa shape index (κ1) is 10.2. The molecule has 1 aromatic heterocycles. The summed E-state index contributed by atoms with van der Waals surface area (Å²) in [6, 6.07) is 6.55. The van der Waals surface area contributed by atoms with Gasteiger partial charge >= 0.3 is 0 Å². The number of nitrogen functional groups attached to an aromatic ring is 1. The number of nitrogens with two attached hydrogens (primary N) is 1. The van der Waals surface area contributed by atoms with Gasteiger partial charge in [0.05, 0.1) is 12.4 Å². The lowest BCUT2D eigenvalue weighted by molar-refractivity contribution is 0.460. The van der Waals surface area contributed by atoms with Gasteiger partial charge in [0.25, 0.3) is 5.56 Å². The van der Waals surface area contributed by atoms with Gasteiger partial charge in [0.1, 0.15) is 5.75 Å². The van der Waals surface area contributed by atoms with Crippen LogP contribution in [0.4, 0.5) is 5.69 Å². The smallest absolute Gasteiger partial charge is 0.254 e. The normalized spacial score (nSPS) is 10.1. The van der Waals surface area contributed by atoms with Crippen LogP contribution in [0.5, 0.6) is 11.6 Å². The zero-order chi connectivity index (χ0) is 11.5. The molecule has 0 bridgehead atoms. The quantitative estimate of drug-likeness (QED) is 0.746. The molecule has 0 aliphatic carbocycles. The summed E-state index contributed by atoms with van der Waals surface area (Å²) in [5.74, 6) is 0.859. The lowest BCUT2D eigenvalue weighted by Gasteiger charge is -2.06. The number of benzene rings is 1. The topological polar surface area (TPSA) is 81.0 Å². The van der Waals surface area contributed by atoms with E-state index < -0.39 is 0 Å². The molecule has 0 saturated heterocycles. The minimum atomic E-state index is -0.253. The maximum absolute atomic E-state index is 11.0. The molecule has 0 radical (unpaired) electrons. The summed E-state index contributed by atoms with van der Waals surface area (Å²) < 4.78 is 5.41. The van der Waals surface area contributed by atoms with Crippen molar-refractivity contribution >= 4 is 5.69 Å². The molecule has 16 heavy (non-hydrogen) atoms. The number of hydrogen-bond donors (Lipinski definition) is 2. The average Bonchev–Trinajstić information content (AvgIpc) is 2.24. The summed E-state index contributed by atoms with van der Waals surface area (Å²) in [7, 11) is 0. The van der Waals surface area contributed by atoms with Crippen molar-refractivity contribution in [3.8, 4) is 11.6 Å². The second kappa shape index (κ2) is 4.06. The molecule has 82 valence electrons. The standard InChI is InChI=1S/C11H11N3O2/c1-7-4-8(2-3-9(7)12)16-11-5-10(15)13-6-14-11/h2-6H,12H2,1H3,(H,13,14,15). The third-order valence-corrected chi connectivity index (χ3v) is 2.12. The van der Waals surface area contributed by atoms with Gasteiger partial charge in [-0.1, -0.05) is 0 Å². The first-order valence-electron chi connectivity index (χ1n) is 4.74. The van der Waals surface area contributed by atoms with E-state index in [1.165, 1.54) is 12.4 Å². The van der Waals surface area contributed by atoms with E-state index in [2.05, 4.69) is 9.97 Å². The number of aryl methyl sites for hydroxylation is 1. The number of ether oxygens (including phenoxy) is 1. The molecule has 2 aromatic rings. The Labute approximate surface area is 91.9 Å². The van der Waals surface area contributed by atoms with E-state index in [1.807, 2.05) is 6.92 Å². The second-order valence-electron chi connectivity index (χ2n) is 3.37. The predicted octanol–water partition coefficient (Wildman–Crippen LogP) is 1.45. The molecule has 5 heteroatoms. The monoisotopic (exact) mass is 217 g/mol. The molecule has 0 aliphatic rings. The van der Waals surface area contributed by atoms with Crippen LogP contribution in [0.2, 0.25) is 0 Å². The fourth-order valence-corrected chi connectivity index (χ4v) is 1.24. The minimum Gasteiger partial charge on any atom is -0.439 e. The van der Waals surface area contributed by atoms with E-state index in [0.29, 0.717) is 11.4 Å². The van der Waals surface area contributed by atoms with Crippen molar-refractivity contribution in [3.63, 3.8) is 0 Å². The fraction of sp³-hybridized carbons (Fsp3) is 0.0909. The zero-order valence-corrected chi connectivity index (χ0v) is 8.73. The number of nitrogens with zero attached hydrogens (tertiary/aromatic N) is 1. The van der Waals surface area contributed by atoms with E-state index in [-0.39, 0.29) is 11.4 Å². The van der Waals surface area contributed by atoms with E-state index in [1.54, 1.807) is 18.2 Å². The van der Waals surface area contributed by atoms with Gasteiger partial charge in [-0.15, -0.1) is 0 Å². The lowest BCUT2D eigenvalue weighted by Crippen LogP contribution is -2.04. The molecule has 1 heterocycles. The Morgan fingerprint density at radius 1 is 1.38 bits per heavy atom. The molecule has 0 saturated carbocycles. The molecule has 0 aliphatic heterocycles. The highest BCUT2D eigenvalue weighted by Crippen LogP contribution is 2.22. The first-order valence-corrected chi connectivity index (χ1v) is 4.74. The Bertz CT molecular complexity index is 563. The first-order chi connectivity index (χ1) is 7.65. The van der Waals surface area contributed by atoms with Gasteiger partial charge in [0.2, 0.25) is 5.88 Å². The number of nitrogens with one attached hydrogen (secondary N) is 1. The molecular formula is C11H11N3O2. The van der Waals surface area contributed by atoms with E-state index in [4.69, 9.17) is 10.5 Å². The summed E-state index contributed by atoms with van der Waals surface area (Å²) in [5, 5.41) is 0. The lowest BCUT2D eigenvalue weighted by atomic mass is 10.2. The Kier molecular flexibility index (Phi) is 2.59. The van der Waals surface area contributed by atoms with Crippen LogP contribution in [-0.4, -0.2) is 9.97 Å². The average molecular weight is 217 g/mol. The number of H-pyrrole nitrogens is 1. The molecule has 3 N–H and O–H groups in total. The van der Waals surface area contributed by atoms with Crippen LogP contribution in [0, 0.1) is 6.92 Å². The van der Waals surface area contributed by atoms with Gasteiger partial charge in [-0.05, 0) is 30.7 Å². The number of hydrogen-bond acceptors (Lipinski definition) is 4. The van der Waals surface area contributed by atoms with Crippen molar-refractivity contribution in [2.75, 3.05) is 5.73 Å². The summed E-state index contributed by atoms with van der Waals surface area (Å²) in [6.45, 7) is 1.88. The van der Waals surface area contributed by atoms with Crippen molar-refractivity contribution in [1.29, 1.82) is 0 Å². The van der Waals surface area contributed by atoms with Crippen LogP contribution in [0.1, 0.15) is 5.56 Å². The molecule has 0 atom stereocenters. The number of rotatable bonds is 2. The third kappa shape index (κ3) is 2.20. The molecule has 0 unspecified atom stereocenters. The van der Waals surface area contributed by atoms with Crippen molar-refractivity contribution in [1.82, 2.24) is 9.97 Å². The summed E-state index contributed by atoms with van der Waals surface area (Å²) in [6.07, 6.45) is 1.29. The highest BCUT2D eigenvalue weighted by atomic mass is 16.5. The van der Waals surface area contributed by atoms with Gasteiger partial charge in [-0.2, -0.15) is 0 Å². The Morgan fingerprint density at radius 2 is 2.19 bits per heavy atom. The molecular weight excluding hydrogens is 206 g/mol. The van der Waals surface area contributed by atoms with E-state index in [9.17, 15) is 4.79 Å². The Balaban J connectivity index is 2.27. The van der Waals surface area contributed by atoms with Crippen molar-refractivity contribution < 1.29 is 4.74 Å². The van der Waals surface area contributed by atoms with Crippen molar-refractivity contribution in [2.24, 2.45) is 0 Å². The van der Waals surface area contributed by atoms with Gasteiger partial charge < -0.3 is 15.5 Å². The van der Waals surface area contributed by atoms with Gasteiger partial charge in [0, 0.05) is 5.69 Å². The minimum absolute atomic E-state index is 0.253. The summed E-state index contributed by atoms with van der Waals surface area (Å²) >= 11 is 0. The van der Waals surface area contributed by atoms with Crippen molar-refractivity contribution in [3.05, 3.63) is 46.5 Å². The summed E-state index contributed by atoms with van der Waals surface area (Å²) in [4.78, 5) is 17.3.